The standard InChI is InChI=1S/C26H26N2O5S/c1-15-23-18(13-32-3)7-8-19(16(2)30)25(23)34-24(15)26(31)28-22-10-9-20-17(14-33-12-11-29)5-4-6-21(20)27-22/h4-10,29H,11-14H2,1-3H3,(H,27,28,31). The van der Waals surface area contributed by atoms with Crippen molar-refractivity contribution >= 4 is 49.8 Å². The van der Waals surface area contributed by atoms with Crippen LogP contribution in [0.3, 0.4) is 0 Å². The lowest BCUT2D eigenvalue weighted by Gasteiger charge is -2.09. The Kier molecular flexibility index (Phi) is 7.33. The normalized spacial score (nSPS) is 11.3. The van der Waals surface area contributed by atoms with E-state index in [1.807, 2.05) is 37.3 Å². The number of hydrogen-bond acceptors (Lipinski definition) is 7. The lowest BCUT2D eigenvalue weighted by atomic mass is 10.0. The molecule has 34 heavy (non-hydrogen) atoms. The smallest absolute Gasteiger partial charge is 0.267 e. The summed E-state index contributed by atoms with van der Waals surface area (Å²) in [4.78, 5) is 30.6. The number of rotatable bonds is 9. The van der Waals surface area contributed by atoms with Crippen LogP contribution in [0, 0.1) is 6.92 Å². The van der Waals surface area contributed by atoms with Crippen LogP contribution in [0.15, 0.2) is 42.5 Å². The number of carbonyl (C=O) groups excluding carboxylic acids is 2. The number of benzene rings is 2. The van der Waals surface area contributed by atoms with Crippen molar-refractivity contribution in [3.63, 3.8) is 0 Å². The maximum atomic E-state index is 13.2. The van der Waals surface area contributed by atoms with Gasteiger partial charge in [0.05, 0.1) is 36.8 Å². The number of nitrogens with one attached hydrogen (secondary N) is 1. The number of thiophene rings is 1. The molecule has 0 saturated heterocycles. The molecule has 4 rings (SSSR count). The van der Waals surface area contributed by atoms with Gasteiger partial charge in [0, 0.05) is 28.1 Å². The van der Waals surface area contributed by atoms with E-state index in [4.69, 9.17) is 14.6 Å². The fourth-order valence-corrected chi connectivity index (χ4v) is 5.35. The fraction of sp³-hybridized carbons (Fsp3) is 0.269. The molecule has 2 aromatic carbocycles. The molecular formula is C26H26N2O5S. The minimum absolute atomic E-state index is 0.0305. The number of pyridine rings is 1. The van der Waals surface area contributed by atoms with Gasteiger partial charge in [0.25, 0.3) is 5.91 Å². The summed E-state index contributed by atoms with van der Waals surface area (Å²) in [6.45, 7) is 4.42. The van der Waals surface area contributed by atoms with Gasteiger partial charge in [-0.05, 0) is 54.8 Å². The van der Waals surface area contributed by atoms with Crippen LogP contribution >= 0.6 is 11.3 Å². The number of carbonyl (C=O) groups is 2. The number of methoxy groups -OCH3 is 1. The third kappa shape index (κ3) is 4.71. The minimum Gasteiger partial charge on any atom is -0.394 e. The van der Waals surface area contributed by atoms with Crippen LogP contribution in [0.1, 0.15) is 43.6 Å². The van der Waals surface area contributed by atoms with Gasteiger partial charge in [0.15, 0.2) is 5.78 Å². The van der Waals surface area contributed by atoms with Gasteiger partial charge in [-0.15, -0.1) is 11.3 Å². The van der Waals surface area contributed by atoms with Crippen LogP contribution in [0.25, 0.3) is 21.0 Å². The number of hydrogen-bond donors (Lipinski definition) is 2. The van der Waals surface area contributed by atoms with Crippen molar-refractivity contribution in [1.29, 1.82) is 0 Å². The highest BCUT2D eigenvalue weighted by Gasteiger charge is 2.21. The Balaban J connectivity index is 1.66. The van der Waals surface area contributed by atoms with Crippen molar-refractivity contribution in [2.75, 3.05) is 25.6 Å². The Labute approximate surface area is 201 Å². The summed E-state index contributed by atoms with van der Waals surface area (Å²) in [5.41, 5.74) is 4.05. The second-order valence-corrected chi connectivity index (χ2v) is 8.95. The number of amides is 1. The van der Waals surface area contributed by atoms with E-state index in [1.54, 1.807) is 19.2 Å². The number of ether oxygens (including phenoxy) is 2. The van der Waals surface area contributed by atoms with E-state index >= 15 is 0 Å². The highest BCUT2D eigenvalue weighted by atomic mass is 32.1. The first-order valence-corrected chi connectivity index (χ1v) is 11.7. The predicted octanol–water partition coefficient (Wildman–Crippen LogP) is 4.87. The summed E-state index contributed by atoms with van der Waals surface area (Å²) >= 11 is 1.31. The van der Waals surface area contributed by atoms with E-state index in [0.29, 0.717) is 29.5 Å². The Morgan fingerprint density at radius 2 is 1.91 bits per heavy atom. The third-order valence-electron chi connectivity index (χ3n) is 5.61. The molecule has 2 heterocycles. The zero-order chi connectivity index (χ0) is 24.2. The molecule has 2 aromatic heterocycles. The SMILES string of the molecule is COCc1ccc(C(C)=O)c2sc(C(=O)Nc3ccc4c(COCCO)cccc4n3)c(C)c12. The van der Waals surface area contributed by atoms with Crippen LogP contribution in [0.4, 0.5) is 5.82 Å². The number of nitrogens with zero attached hydrogens (tertiary/aromatic N) is 1. The molecule has 2 N–H and O–H groups in total. The highest BCUT2D eigenvalue weighted by Crippen LogP contribution is 2.37. The number of ketones is 1. The summed E-state index contributed by atoms with van der Waals surface area (Å²) < 4.78 is 11.6. The second-order valence-electron chi connectivity index (χ2n) is 7.93. The van der Waals surface area contributed by atoms with E-state index < -0.39 is 0 Å². The summed E-state index contributed by atoms with van der Waals surface area (Å²) in [7, 11) is 1.62. The topological polar surface area (TPSA) is 97.8 Å². The summed E-state index contributed by atoms with van der Waals surface area (Å²) in [5.74, 6) is 0.120. The maximum Gasteiger partial charge on any atom is 0.267 e. The molecule has 0 aliphatic rings. The van der Waals surface area contributed by atoms with Crippen LogP contribution in [-0.4, -0.2) is 42.1 Å². The average Bonchev–Trinajstić information content (AvgIpc) is 3.17. The van der Waals surface area contributed by atoms with Crippen molar-refractivity contribution in [2.24, 2.45) is 0 Å². The zero-order valence-corrected chi connectivity index (χ0v) is 20.1. The number of aromatic nitrogens is 1. The van der Waals surface area contributed by atoms with Gasteiger partial charge in [0.1, 0.15) is 5.82 Å². The zero-order valence-electron chi connectivity index (χ0n) is 19.3. The Morgan fingerprint density at radius 1 is 1.09 bits per heavy atom. The monoisotopic (exact) mass is 478 g/mol. The summed E-state index contributed by atoms with van der Waals surface area (Å²) in [6.07, 6.45) is 0. The van der Waals surface area contributed by atoms with Gasteiger partial charge in [-0.3, -0.25) is 9.59 Å². The van der Waals surface area contributed by atoms with E-state index in [-0.39, 0.29) is 24.9 Å². The number of anilines is 1. The number of Topliss-reactive ketones (excluding diaryl/α,β-unsaturated/α-hetero) is 1. The molecule has 176 valence electrons. The van der Waals surface area contributed by atoms with Crippen LogP contribution < -0.4 is 5.32 Å². The maximum absolute atomic E-state index is 13.2. The third-order valence-corrected chi connectivity index (χ3v) is 6.93. The molecule has 7 nitrogen and oxygen atoms in total. The van der Waals surface area contributed by atoms with Crippen molar-refractivity contribution in [3.05, 3.63) is 69.6 Å². The molecule has 0 spiro atoms. The van der Waals surface area contributed by atoms with Crippen molar-refractivity contribution in [1.82, 2.24) is 4.98 Å². The first kappa shape index (κ1) is 24.0. The average molecular weight is 479 g/mol. The van der Waals surface area contributed by atoms with Gasteiger partial charge in [0.2, 0.25) is 0 Å². The number of fused-ring (bicyclic) bond motifs is 2. The molecule has 8 heteroatoms. The lowest BCUT2D eigenvalue weighted by molar-refractivity contribution is 0.0821. The van der Waals surface area contributed by atoms with Crippen LogP contribution in [-0.2, 0) is 22.7 Å². The van der Waals surface area contributed by atoms with Gasteiger partial charge >= 0.3 is 0 Å². The number of aliphatic hydroxyl groups is 1. The predicted molar refractivity (Wildman–Crippen MR) is 134 cm³/mol. The van der Waals surface area contributed by atoms with Crippen molar-refractivity contribution in [3.8, 4) is 0 Å². The van der Waals surface area contributed by atoms with Crippen molar-refractivity contribution < 1.29 is 24.2 Å². The largest absolute Gasteiger partial charge is 0.394 e. The van der Waals surface area contributed by atoms with Gasteiger partial charge < -0.3 is 19.9 Å². The molecular weight excluding hydrogens is 452 g/mol. The number of aryl methyl sites for hydroxylation is 1. The second kappa shape index (κ2) is 10.4. The molecule has 1 amide bonds. The molecule has 0 radical (unpaired) electrons. The van der Waals surface area contributed by atoms with Crippen molar-refractivity contribution in [2.45, 2.75) is 27.1 Å². The molecule has 0 bridgehead atoms. The van der Waals surface area contributed by atoms with Gasteiger partial charge in [-0.25, -0.2) is 4.98 Å². The summed E-state index contributed by atoms with van der Waals surface area (Å²) in [5, 5.41) is 13.6. The first-order valence-electron chi connectivity index (χ1n) is 10.9. The van der Waals surface area contributed by atoms with Crippen LogP contribution in [0.5, 0.6) is 0 Å². The lowest BCUT2D eigenvalue weighted by Crippen LogP contribution is -2.12. The highest BCUT2D eigenvalue weighted by molar-refractivity contribution is 7.21. The van der Waals surface area contributed by atoms with E-state index in [0.717, 1.165) is 37.7 Å². The fourth-order valence-electron chi connectivity index (χ4n) is 4.04. The Morgan fingerprint density at radius 3 is 2.65 bits per heavy atom. The van der Waals surface area contributed by atoms with Gasteiger partial charge in [-0.2, -0.15) is 0 Å². The molecule has 4 aromatic rings. The Hall–Kier alpha value is -3.17. The van der Waals surface area contributed by atoms with Crippen LogP contribution in [0.2, 0.25) is 0 Å². The molecule has 0 fully saturated rings. The first-order chi connectivity index (χ1) is 16.4. The van der Waals surface area contributed by atoms with E-state index in [1.165, 1.54) is 18.3 Å². The van der Waals surface area contributed by atoms with Gasteiger partial charge in [-0.1, -0.05) is 18.2 Å². The molecule has 0 aliphatic heterocycles. The Bertz CT molecular complexity index is 1380. The molecule has 0 saturated carbocycles. The quantitative estimate of drug-likeness (QED) is 0.263. The summed E-state index contributed by atoms with van der Waals surface area (Å²) in [6, 6.07) is 13.1. The number of aliphatic hydroxyl groups excluding tert-OH is 1. The molecule has 0 atom stereocenters. The van der Waals surface area contributed by atoms with E-state index in [9.17, 15) is 9.59 Å². The molecule has 0 aliphatic carbocycles. The minimum atomic E-state index is -0.272. The molecule has 0 unspecified atom stereocenters. The van der Waals surface area contributed by atoms with E-state index in [2.05, 4.69) is 10.3 Å².